The first kappa shape index (κ1) is 31.5. The van der Waals surface area contributed by atoms with Gasteiger partial charge in [-0.3, -0.25) is 4.18 Å². The van der Waals surface area contributed by atoms with Crippen molar-refractivity contribution in [2.75, 3.05) is 6.61 Å². The van der Waals surface area contributed by atoms with Crippen molar-refractivity contribution in [2.24, 2.45) is 11.0 Å². The Kier molecular flexibility index (Phi) is 11.0. The minimum atomic E-state index is -6.08. The lowest BCUT2D eigenvalue weighted by Gasteiger charge is -2.44. The van der Waals surface area contributed by atoms with E-state index >= 15 is 0 Å². The van der Waals surface area contributed by atoms with Gasteiger partial charge < -0.3 is 14.2 Å². The molecule has 0 amide bonds. The molecule has 1 aliphatic rings. The standard InChI is InChI=1S/C29H30F3N3O6S/c30-29(31,32)42(36,37)41-27-25(34-35-33)16-24(20-38-17-21-10-4-1-5-11-21)26(39-18-22-12-6-2-7-13-22)28(27)40-19-23-14-8-3-9-15-23/h1-15,24-28H,16-20H2/t24-,25+,26-,27-,28+/m1/s1. The molecule has 1 aliphatic carbocycles. The molecule has 13 heteroatoms. The lowest BCUT2D eigenvalue weighted by Crippen LogP contribution is -2.58. The smallest absolute Gasteiger partial charge is 0.376 e. The van der Waals surface area contributed by atoms with Crippen LogP contribution >= 0.6 is 0 Å². The number of hydrogen-bond donors (Lipinski definition) is 0. The monoisotopic (exact) mass is 605 g/mol. The van der Waals surface area contributed by atoms with Gasteiger partial charge in [-0.2, -0.15) is 21.6 Å². The highest BCUT2D eigenvalue weighted by Crippen LogP contribution is 2.38. The quantitative estimate of drug-likeness (QED) is 0.0741. The second-order valence-electron chi connectivity index (χ2n) is 9.75. The Balaban J connectivity index is 1.67. The summed E-state index contributed by atoms with van der Waals surface area (Å²) in [7, 11) is -6.08. The van der Waals surface area contributed by atoms with Crippen molar-refractivity contribution in [1.29, 1.82) is 0 Å². The highest BCUT2D eigenvalue weighted by Gasteiger charge is 2.54. The van der Waals surface area contributed by atoms with E-state index in [9.17, 15) is 27.1 Å². The lowest BCUT2D eigenvalue weighted by atomic mass is 9.79. The molecule has 0 aromatic heterocycles. The van der Waals surface area contributed by atoms with Crippen molar-refractivity contribution in [2.45, 2.75) is 56.1 Å². The number of ether oxygens (including phenoxy) is 3. The Morgan fingerprint density at radius 2 is 1.24 bits per heavy atom. The Hall–Kier alpha value is -3.45. The van der Waals surface area contributed by atoms with Crippen molar-refractivity contribution in [3.05, 3.63) is 118 Å². The van der Waals surface area contributed by atoms with Gasteiger partial charge in [-0.1, -0.05) is 96.1 Å². The molecule has 224 valence electrons. The second-order valence-corrected chi connectivity index (χ2v) is 11.3. The maximum atomic E-state index is 13.4. The zero-order valence-corrected chi connectivity index (χ0v) is 23.2. The average Bonchev–Trinajstić information content (AvgIpc) is 2.98. The molecule has 3 aromatic rings. The molecule has 3 aromatic carbocycles. The molecule has 0 bridgehead atoms. The summed E-state index contributed by atoms with van der Waals surface area (Å²) in [5.41, 5.74) is 5.90. The first-order valence-electron chi connectivity index (χ1n) is 13.1. The summed E-state index contributed by atoms with van der Waals surface area (Å²) in [6, 6.07) is 25.9. The molecule has 1 fully saturated rings. The molecular formula is C29H30F3N3O6S. The molecule has 42 heavy (non-hydrogen) atoms. The second kappa shape index (κ2) is 14.6. The molecule has 0 radical (unpaired) electrons. The third-order valence-corrected chi connectivity index (χ3v) is 7.81. The Bertz CT molecular complexity index is 1410. The molecule has 0 saturated heterocycles. The molecular weight excluding hydrogens is 575 g/mol. The summed E-state index contributed by atoms with van der Waals surface area (Å²) in [4.78, 5) is 2.77. The molecule has 9 nitrogen and oxygen atoms in total. The number of hydrogen-bond acceptors (Lipinski definition) is 7. The van der Waals surface area contributed by atoms with Crippen molar-refractivity contribution < 1.29 is 40.0 Å². The normalized spacial score (nSPS) is 22.8. The number of benzene rings is 3. The highest BCUT2D eigenvalue weighted by molar-refractivity contribution is 7.87. The summed E-state index contributed by atoms with van der Waals surface area (Å²) in [6.07, 6.45) is -4.24. The van der Waals surface area contributed by atoms with E-state index in [1.54, 1.807) is 30.3 Å². The van der Waals surface area contributed by atoms with Gasteiger partial charge in [-0.05, 0) is 28.6 Å². The van der Waals surface area contributed by atoms with E-state index in [1.165, 1.54) is 0 Å². The van der Waals surface area contributed by atoms with Gasteiger partial charge in [-0.25, -0.2) is 0 Å². The van der Waals surface area contributed by atoms with Crippen LogP contribution in [0, 0.1) is 5.92 Å². The molecule has 0 spiro atoms. The van der Waals surface area contributed by atoms with Crippen LogP contribution in [0.5, 0.6) is 0 Å². The maximum absolute atomic E-state index is 13.4. The molecule has 4 rings (SSSR count). The van der Waals surface area contributed by atoms with Gasteiger partial charge in [0.25, 0.3) is 0 Å². The number of alkyl halides is 3. The van der Waals surface area contributed by atoms with Gasteiger partial charge in [-0.15, -0.1) is 0 Å². The van der Waals surface area contributed by atoms with E-state index in [0.717, 1.165) is 11.1 Å². The fraction of sp³-hybridized carbons (Fsp3) is 0.379. The summed E-state index contributed by atoms with van der Waals surface area (Å²) in [6.45, 7) is 0.266. The molecule has 0 heterocycles. The van der Waals surface area contributed by atoms with Crippen LogP contribution in [0.1, 0.15) is 23.1 Å². The summed E-state index contributed by atoms with van der Waals surface area (Å²) in [5, 5.41) is 3.64. The van der Waals surface area contributed by atoms with Crippen molar-refractivity contribution in [3.63, 3.8) is 0 Å². The van der Waals surface area contributed by atoms with Crippen LogP contribution in [0.15, 0.2) is 96.1 Å². The Morgan fingerprint density at radius 3 is 1.71 bits per heavy atom. The van der Waals surface area contributed by atoms with E-state index < -0.39 is 45.9 Å². The summed E-state index contributed by atoms with van der Waals surface area (Å²) < 4.78 is 87.7. The van der Waals surface area contributed by atoms with Crippen LogP contribution in [0.4, 0.5) is 13.2 Å². The lowest BCUT2D eigenvalue weighted by molar-refractivity contribution is -0.180. The first-order valence-corrected chi connectivity index (χ1v) is 14.6. The van der Waals surface area contributed by atoms with Gasteiger partial charge in [0.05, 0.1) is 38.6 Å². The van der Waals surface area contributed by atoms with Crippen LogP contribution in [0.25, 0.3) is 10.4 Å². The molecule has 0 aliphatic heterocycles. The Morgan fingerprint density at radius 1 is 0.762 bits per heavy atom. The molecule has 1 saturated carbocycles. The predicted octanol–water partition coefficient (Wildman–Crippen LogP) is 6.31. The number of nitrogens with zero attached hydrogens (tertiary/aromatic N) is 3. The first-order chi connectivity index (χ1) is 20.2. The predicted molar refractivity (Wildman–Crippen MR) is 147 cm³/mol. The fourth-order valence-corrected chi connectivity index (χ4v) is 5.41. The number of azide groups is 1. The van der Waals surface area contributed by atoms with Crippen LogP contribution < -0.4 is 0 Å². The minimum absolute atomic E-state index is 0.0524. The maximum Gasteiger partial charge on any atom is 0.523 e. The van der Waals surface area contributed by atoms with E-state index in [0.29, 0.717) is 5.56 Å². The van der Waals surface area contributed by atoms with Crippen LogP contribution in [0.3, 0.4) is 0 Å². The summed E-state index contributed by atoms with van der Waals surface area (Å²) in [5.74, 6) is -0.554. The van der Waals surface area contributed by atoms with Crippen molar-refractivity contribution >= 4 is 10.1 Å². The zero-order chi connectivity index (χ0) is 30.0. The molecule has 0 N–H and O–H groups in total. The van der Waals surface area contributed by atoms with Crippen LogP contribution in [-0.2, 0) is 48.3 Å². The minimum Gasteiger partial charge on any atom is -0.376 e. The summed E-state index contributed by atoms with van der Waals surface area (Å²) >= 11 is 0. The number of halogens is 3. The van der Waals surface area contributed by atoms with E-state index in [1.807, 2.05) is 60.7 Å². The van der Waals surface area contributed by atoms with E-state index in [-0.39, 0.29) is 32.8 Å². The number of rotatable bonds is 13. The van der Waals surface area contributed by atoms with Gasteiger partial charge >= 0.3 is 15.6 Å². The van der Waals surface area contributed by atoms with E-state index in [4.69, 9.17) is 18.4 Å². The molecule has 0 unspecified atom stereocenters. The molecule has 5 atom stereocenters. The third kappa shape index (κ3) is 8.54. The fourth-order valence-electron chi connectivity index (χ4n) is 4.77. The van der Waals surface area contributed by atoms with Crippen molar-refractivity contribution in [3.8, 4) is 0 Å². The largest absolute Gasteiger partial charge is 0.523 e. The van der Waals surface area contributed by atoms with Gasteiger partial charge in [0.2, 0.25) is 0 Å². The van der Waals surface area contributed by atoms with E-state index in [2.05, 4.69) is 10.0 Å². The highest BCUT2D eigenvalue weighted by atomic mass is 32.2. The Labute approximate surface area is 241 Å². The average molecular weight is 606 g/mol. The third-order valence-electron chi connectivity index (χ3n) is 6.77. The van der Waals surface area contributed by atoms with Gasteiger partial charge in [0, 0.05) is 10.8 Å². The van der Waals surface area contributed by atoms with Crippen LogP contribution in [0.2, 0.25) is 0 Å². The topological polar surface area (TPSA) is 120 Å². The zero-order valence-electron chi connectivity index (χ0n) is 22.4. The van der Waals surface area contributed by atoms with Crippen LogP contribution in [-0.4, -0.2) is 44.9 Å². The SMILES string of the molecule is [N-]=[N+]=N[C@H]1C[C@H](COCc2ccccc2)[C@@H](OCc2ccccc2)[C@H](OCc2ccccc2)[C@@H]1OS(=O)(=O)C(F)(F)F. The van der Waals surface area contributed by atoms with Gasteiger partial charge in [0.15, 0.2) is 0 Å². The van der Waals surface area contributed by atoms with Crippen molar-refractivity contribution in [1.82, 2.24) is 0 Å². The van der Waals surface area contributed by atoms with Gasteiger partial charge in [0.1, 0.15) is 12.2 Å².